The molecule has 2 rings (SSSR count). The highest BCUT2D eigenvalue weighted by atomic mass is 32.1. The molecule has 1 aromatic carbocycles. The molecule has 0 unspecified atom stereocenters. The number of benzene rings is 1. The summed E-state index contributed by atoms with van der Waals surface area (Å²) >= 11 is 1.53. The molecule has 0 aliphatic rings. The normalized spacial score (nSPS) is 9.56. The summed E-state index contributed by atoms with van der Waals surface area (Å²) in [6.07, 6.45) is 2.46. The van der Waals surface area contributed by atoms with Crippen molar-refractivity contribution in [3.63, 3.8) is 0 Å². The minimum absolute atomic E-state index is 0.117. The van der Waals surface area contributed by atoms with E-state index in [-0.39, 0.29) is 18.1 Å². The number of likely N-dealkylation sites (N-methyl/N-ethyl adjacent to an activating group) is 1. The summed E-state index contributed by atoms with van der Waals surface area (Å²) in [5, 5.41) is 20.9. The summed E-state index contributed by atoms with van der Waals surface area (Å²) in [5.41, 5.74) is 2.23. The molecule has 1 amide bonds. The SMILES string of the molecule is CC.CC.CC.CCCNC(=O)/C(C#N)=C/c1ccc(-c2ccc(N(C)CCO)cc2)s1. The molecule has 0 saturated heterocycles. The number of carbonyl (C=O) groups is 1. The largest absolute Gasteiger partial charge is 0.395 e. The predicted molar refractivity (Wildman–Crippen MR) is 141 cm³/mol. The van der Waals surface area contributed by atoms with Gasteiger partial charge in [-0.2, -0.15) is 5.26 Å². The maximum Gasteiger partial charge on any atom is 0.261 e. The molecule has 178 valence electrons. The Balaban J connectivity index is 0. The number of amides is 1. The zero-order valence-corrected chi connectivity index (χ0v) is 21.8. The number of thiophene rings is 1. The second-order valence-corrected chi connectivity index (χ2v) is 6.94. The molecule has 0 fully saturated rings. The van der Waals surface area contributed by atoms with Crippen LogP contribution in [0.4, 0.5) is 5.69 Å². The standard InChI is InChI=1S/C20H23N3O2S.3C2H6/c1-3-10-22-20(25)16(14-21)13-18-8-9-19(26-18)15-4-6-17(7-5-15)23(2)11-12-24;3*1-2/h4-9,13,24H,3,10-12H2,1-2H3,(H,22,25);3*1-2H3/b16-13+;;;. The number of hydrogen-bond donors (Lipinski definition) is 2. The minimum atomic E-state index is -0.333. The van der Waals surface area contributed by atoms with Gasteiger partial charge < -0.3 is 15.3 Å². The molecule has 1 aromatic heterocycles. The molecule has 6 heteroatoms. The van der Waals surface area contributed by atoms with Gasteiger partial charge in [0.05, 0.1) is 6.61 Å². The third-order valence-electron chi connectivity index (χ3n) is 3.84. The van der Waals surface area contributed by atoms with Gasteiger partial charge >= 0.3 is 0 Å². The maximum absolute atomic E-state index is 11.9. The van der Waals surface area contributed by atoms with E-state index in [2.05, 4.69) is 5.32 Å². The molecule has 5 nitrogen and oxygen atoms in total. The van der Waals surface area contributed by atoms with E-state index < -0.39 is 0 Å². The Bertz CT molecular complexity index is 805. The average molecular weight is 460 g/mol. The lowest BCUT2D eigenvalue weighted by molar-refractivity contribution is -0.117. The summed E-state index contributed by atoms with van der Waals surface area (Å²) in [6, 6.07) is 14.0. The van der Waals surface area contributed by atoms with Crippen LogP contribution in [0, 0.1) is 11.3 Å². The highest BCUT2D eigenvalue weighted by Crippen LogP contribution is 2.30. The lowest BCUT2D eigenvalue weighted by Gasteiger charge is -2.17. The van der Waals surface area contributed by atoms with Gasteiger partial charge in [-0.25, -0.2) is 0 Å². The van der Waals surface area contributed by atoms with Crippen LogP contribution in [0.25, 0.3) is 16.5 Å². The third-order valence-corrected chi connectivity index (χ3v) is 4.92. The highest BCUT2D eigenvalue weighted by Gasteiger charge is 2.09. The van der Waals surface area contributed by atoms with E-state index in [0.29, 0.717) is 13.1 Å². The van der Waals surface area contributed by atoms with Crippen LogP contribution in [0.5, 0.6) is 0 Å². The molecule has 32 heavy (non-hydrogen) atoms. The fraction of sp³-hybridized carbons (Fsp3) is 0.462. The van der Waals surface area contributed by atoms with Crippen molar-refractivity contribution in [2.75, 3.05) is 31.6 Å². The Morgan fingerprint density at radius 2 is 1.69 bits per heavy atom. The quantitative estimate of drug-likeness (QED) is 0.356. The Morgan fingerprint density at radius 3 is 2.19 bits per heavy atom. The number of anilines is 1. The van der Waals surface area contributed by atoms with Crippen LogP contribution in [-0.2, 0) is 4.79 Å². The van der Waals surface area contributed by atoms with Crippen LogP contribution < -0.4 is 10.2 Å². The Labute approximate surface area is 199 Å². The molecule has 0 spiro atoms. The minimum Gasteiger partial charge on any atom is -0.395 e. The van der Waals surface area contributed by atoms with Crippen molar-refractivity contribution < 1.29 is 9.90 Å². The lowest BCUT2D eigenvalue weighted by Crippen LogP contribution is -2.24. The van der Waals surface area contributed by atoms with E-state index in [1.807, 2.05) is 103 Å². The van der Waals surface area contributed by atoms with Crippen LogP contribution >= 0.6 is 11.3 Å². The second-order valence-electron chi connectivity index (χ2n) is 5.82. The molecule has 1 heterocycles. The summed E-state index contributed by atoms with van der Waals surface area (Å²) < 4.78 is 0. The van der Waals surface area contributed by atoms with Crippen LogP contribution in [-0.4, -0.2) is 37.8 Å². The predicted octanol–water partition coefficient (Wildman–Crippen LogP) is 6.36. The zero-order chi connectivity index (χ0) is 24.9. The zero-order valence-electron chi connectivity index (χ0n) is 21.0. The van der Waals surface area contributed by atoms with Gasteiger partial charge in [0.25, 0.3) is 5.91 Å². The number of aliphatic hydroxyl groups is 1. The van der Waals surface area contributed by atoms with E-state index in [4.69, 9.17) is 5.11 Å². The average Bonchev–Trinajstić information content (AvgIpc) is 3.33. The Morgan fingerprint density at radius 1 is 1.09 bits per heavy atom. The first kappa shape index (κ1) is 31.6. The van der Waals surface area contributed by atoms with Crippen LogP contribution in [0.2, 0.25) is 0 Å². The van der Waals surface area contributed by atoms with Crippen molar-refractivity contribution in [2.45, 2.75) is 54.9 Å². The van der Waals surface area contributed by atoms with Crippen molar-refractivity contribution in [3.05, 3.63) is 46.8 Å². The molecule has 0 aliphatic carbocycles. The van der Waals surface area contributed by atoms with E-state index in [1.54, 1.807) is 6.08 Å². The van der Waals surface area contributed by atoms with E-state index in [0.717, 1.165) is 27.4 Å². The van der Waals surface area contributed by atoms with Crippen LogP contribution in [0.1, 0.15) is 59.8 Å². The number of carbonyl (C=O) groups excluding carboxylic acids is 1. The molecule has 2 aromatic rings. The fourth-order valence-electron chi connectivity index (χ4n) is 2.37. The van der Waals surface area contributed by atoms with Gasteiger partial charge in [0, 0.05) is 35.6 Å². The third kappa shape index (κ3) is 11.1. The van der Waals surface area contributed by atoms with Gasteiger partial charge in [0.2, 0.25) is 0 Å². The van der Waals surface area contributed by atoms with Crippen LogP contribution in [0.3, 0.4) is 0 Å². The fourth-order valence-corrected chi connectivity index (χ4v) is 3.33. The van der Waals surface area contributed by atoms with Gasteiger partial charge in [-0.1, -0.05) is 60.6 Å². The van der Waals surface area contributed by atoms with Gasteiger partial charge in [-0.3, -0.25) is 4.79 Å². The molecular formula is C26H41N3O2S. The molecule has 0 radical (unpaired) electrons. The highest BCUT2D eigenvalue weighted by molar-refractivity contribution is 7.16. The molecular weight excluding hydrogens is 418 g/mol. The molecule has 0 atom stereocenters. The maximum atomic E-state index is 11.9. The van der Waals surface area contributed by atoms with E-state index in [9.17, 15) is 10.1 Å². The number of nitrogens with one attached hydrogen (secondary N) is 1. The number of aliphatic hydroxyl groups excluding tert-OH is 1. The smallest absolute Gasteiger partial charge is 0.261 e. The Kier molecular flexibility index (Phi) is 20.0. The van der Waals surface area contributed by atoms with Crippen molar-refractivity contribution in [3.8, 4) is 16.5 Å². The lowest BCUT2D eigenvalue weighted by atomic mass is 10.1. The number of rotatable bonds is 8. The summed E-state index contributed by atoms with van der Waals surface area (Å²) in [6.45, 7) is 15.2. The summed E-state index contributed by atoms with van der Waals surface area (Å²) in [4.78, 5) is 15.9. The van der Waals surface area contributed by atoms with Crippen molar-refractivity contribution in [1.29, 1.82) is 5.26 Å². The first-order chi connectivity index (χ1) is 15.6. The number of hydrogen-bond acceptors (Lipinski definition) is 5. The monoisotopic (exact) mass is 459 g/mol. The molecule has 0 saturated carbocycles. The van der Waals surface area contributed by atoms with Crippen molar-refractivity contribution in [1.82, 2.24) is 5.32 Å². The molecule has 0 bridgehead atoms. The van der Waals surface area contributed by atoms with Crippen molar-refractivity contribution >= 4 is 29.0 Å². The first-order valence-electron chi connectivity index (χ1n) is 11.5. The number of nitriles is 1. The van der Waals surface area contributed by atoms with Crippen molar-refractivity contribution in [2.24, 2.45) is 0 Å². The van der Waals surface area contributed by atoms with E-state index >= 15 is 0 Å². The topological polar surface area (TPSA) is 76.4 Å². The second kappa shape index (κ2) is 20.3. The summed E-state index contributed by atoms with van der Waals surface area (Å²) in [5.74, 6) is -0.333. The summed E-state index contributed by atoms with van der Waals surface area (Å²) in [7, 11) is 1.94. The number of nitrogens with zero attached hydrogens (tertiary/aromatic N) is 2. The molecule has 2 N–H and O–H groups in total. The van der Waals surface area contributed by atoms with Gasteiger partial charge in [-0.05, 0) is 42.3 Å². The van der Waals surface area contributed by atoms with Gasteiger partial charge in [0.15, 0.2) is 0 Å². The first-order valence-corrected chi connectivity index (χ1v) is 12.3. The van der Waals surface area contributed by atoms with Gasteiger partial charge in [-0.15, -0.1) is 11.3 Å². The van der Waals surface area contributed by atoms with E-state index in [1.165, 1.54) is 11.3 Å². The Hall–Kier alpha value is -2.62. The van der Waals surface area contributed by atoms with Crippen LogP contribution in [0.15, 0.2) is 42.0 Å². The molecule has 0 aliphatic heterocycles. The van der Waals surface area contributed by atoms with Gasteiger partial charge in [0.1, 0.15) is 11.6 Å².